The van der Waals surface area contributed by atoms with Crippen LogP contribution in [0.4, 0.5) is 23.7 Å². The van der Waals surface area contributed by atoms with E-state index in [-0.39, 0.29) is 34.0 Å². The van der Waals surface area contributed by atoms with Crippen molar-refractivity contribution in [3.8, 4) is 16.9 Å². The van der Waals surface area contributed by atoms with Crippen molar-refractivity contribution < 1.29 is 32.6 Å². The van der Waals surface area contributed by atoms with E-state index in [0.717, 1.165) is 22.9 Å². The molecule has 0 fully saturated rings. The zero-order valence-electron chi connectivity index (χ0n) is 19.0. The number of rotatable bonds is 6. The van der Waals surface area contributed by atoms with Crippen LogP contribution >= 0.6 is 11.6 Å². The van der Waals surface area contributed by atoms with Crippen LogP contribution in [-0.2, 0) is 16.2 Å². The summed E-state index contributed by atoms with van der Waals surface area (Å²) < 4.78 is 66.9. The summed E-state index contributed by atoms with van der Waals surface area (Å²) in [6.07, 6.45) is -4.69. The lowest BCUT2D eigenvalue weighted by atomic mass is 10.1. The number of primary amides is 1. The highest BCUT2D eigenvalue weighted by molar-refractivity contribution is 7.90. The van der Waals surface area contributed by atoms with E-state index in [0.29, 0.717) is 5.56 Å². The van der Waals surface area contributed by atoms with Crippen molar-refractivity contribution in [1.82, 2.24) is 14.5 Å². The minimum absolute atomic E-state index is 0. The number of anilines is 1. The average molecular weight is 566 g/mol. The van der Waals surface area contributed by atoms with Gasteiger partial charge in [0, 0.05) is 18.2 Å². The molecule has 0 saturated carbocycles. The Kier molecular flexibility index (Phi) is 7.16. The molecule has 0 aliphatic rings. The first-order valence-electron chi connectivity index (χ1n) is 10.6. The maximum absolute atomic E-state index is 13.4. The highest BCUT2D eigenvalue weighted by Crippen LogP contribution is 2.34. The molecular weight excluding hydrogens is 547 g/mol. The van der Waals surface area contributed by atoms with Gasteiger partial charge in [-0.2, -0.15) is 18.3 Å². The quantitative estimate of drug-likeness (QED) is 0.300. The van der Waals surface area contributed by atoms with Gasteiger partial charge in [-0.05, 0) is 54.6 Å². The number of sulfonamides is 1. The number of benzene rings is 3. The Hall–Kier alpha value is -4.36. The Bertz CT molecular complexity index is 1630. The van der Waals surface area contributed by atoms with Gasteiger partial charge in [-0.15, -0.1) is 0 Å². The molecule has 198 valence electrons. The van der Waals surface area contributed by atoms with Crippen LogP contribution in [-0.4, -0.2) is 30.1 Å². The highest BCUT2D eigenvalue weighted by atomic mass is 35.5. The van der Waals surface area contributed by atoms with Crippen LogP contribution in [0.2, 0.25) is 5.02 Å². The number of nitrogens with one attached hydrogen (secondary N) is 2. The van der Waals surface area contributed by atoms with Gasteiger partial charge < -0.3 is 11.1 Å². The Morgan fingerprint density at radius 2 is 1.61 bits per heavy atom. The lowest BCUT2D eigenvalue weighted by Gasteiger charge is -2.10. The first-order chi connectivity index (χ1) is 17.8. The van der Waals surface area contributed by atoms with Crippen molar-refractivity contribution >= 4 is 39.2 Å². The molecule has 14 heteroatoms. The molecule has 1 aromatic heterocycles. The van der Waals surface area contributed by atoms with Gasteiger partial charge >= 0.3 is 12.2 Å². The summed E-state index contributed by atoms with van der Waals surface area (Å²) >= 11 is 6.19. The summed E-state index contributed by atoms with van der Waals surface area (Å²) in [5.74, 6) is -0.557. The third kappa shape index (κ3) is 5.79. The molecule has 4 N–H and O–H groups in total. The molecule has 9 nitrogen and oxygen atoms in total. The van der Waals surface area contributed by atoms with Crippen LogP contribution in [0.5, 0.6) is 0 Å². The van der Waals surface area contributed by atoms with Crippen LogP contribution < -0.4 is 15.8 Å². The molecule has 4 rings (SSSR count). The fourth-order valence-electron chi connectivity index (χ4n) is 3.44. The maximum atomic E-state index is 13.4. The molecular formula is C24H19ClF3N5O4S. The molecule has 3 amide bonds. The molecule has 0 bridgehead atoms. The third-order valence-corrected chi connectivity index (χ3v) is 6.86. The summed E-state index contributed by atoms with van der Waals surface area (Å²) in [5.41, 5.74) is 4.88. The Morgan fingerprint density at radius 1 is 0.974 bits per heavy atom. The minimum Gasteiger partial charge on any atom is -0.351 e. The molecule has 0 saturated heterocycles. The molecule has 4 aromatic rings. The first-order valence-corrected chi connectivity index (χ1v) is 12.5. The van der Waals surface area contributed by atoms with E-state index < -0.39 is 33.8 Å². The molecule has 0 atom stereocenters. The topological polar surface area (TPSA) is 136 Å². The van der Waals surface area contributed by atoms with Gasteiger partial charge in [0.2, 0.25) is 0 Å². The minimum atomic E-state index is -4.69. The van der Waals surface area contributed by atoms with Crippen LogP contribution in [0, 0.1) is 0 Å². The largest absolute Gasteiger partial charge is 0.435 e. The summed E-state index contributed by atoms with van der Waals surface area (Å²) in [4.78, 5) is 23.3. The molecule has 0 unspecified atom stereocenters. The Balaban J connectivity index is 0.00000420. The lowest BCUT2D eigenvalue weighted by molar-refractivity contribution is -0.141. The number of carbonyl (C=O) groups is 2. The number of hydrogen-bond donors (Lipinski definition) is 3. The standard InChI is InChI=1S/C24H17ClF3N5O4S.H2/c25-18-3-1-2-4-19(18)33-20(13-21(31-33)24(26,27)28)14-5-7-15(8-6-14)22(34)30-16-9-11-17(12-10-16)38(36,37)32-23(29)35;/h1-13H,(H,30,34)(H3,29,32,35);1H. The number of nitrogens with zero attached hydrogens (tertiary/aromatic N) is 2. The normalized spacial score (nSPS) is 11.7. The van der Waals surface area contributed by atoms with E-state index in [2.05, 4.69) is 10.4 Å². The van der Waals surface area contributed by atoms with E-state index in [1.165, 1.54) is 48.5 Å². The molecule has 38 heavy (non-hydrogen) atoms. The van der Waals surface area contributed by atoms with Gasteiger partial charge in [-0.25, -0.2) is 22.6 Å². The number of aromatic nitrogens is 2. The molecule has 0 radical (unpaired) electrons. The van der Waals surface area contributed by atoms with E-state index in [9.17, 15) is 31.2 Å². The molecule has 0 aliphatic heterocycles. The predicted octanol–water partition coefficient (Wildman–Crippen LogP) is 5.07. The van der Waals surface area contributed by atoms with Gasteiger partial charge in [0.15, 0.2) is 5.69 Å². The fraction of sp³-hybridized carbons (Fsp3) is 0.0417. The summed E-state index contributed by atoms with van der Waals surface area (Å²) in [6.45, 7) is 0. The number of amides is 3. The zero-order chi connectivity index (χ0) is 27.7. The number of para-hydroxylation sites is 1. The monoisotopic (exact) mass is 565 g/mol. The van der Waals surface area contributed by atoms with E-state index in [1.54, 1.807) is 16.9 Å². The van der Waals surface area contributed by atoms with Gasteiger partial charge in [0.25, 0.3) is 15.9 Å². The van der Waals surface area contributed by atoms with Crippen molar-refractivity contribution in [2.24, 2.45) is 5.73 Å². The number of halogens is 4. The van der Waals surface area contributed by atoms with E-state index in [1.807, 2.05) is 0 Å². The SMILES string of the molecule is NC(=O)NS(=O)(=O)c1ccc(NC(=O)c2ccc(-c3cc(C(F)(F)F)nn3-c3ccccc3Cl)cc2)cc1.[HH]. The number of hydrogen-bond acceptors (Lipinski definition) is 5. The summed E-state index contributed by atoms with van der Waals surface area (Å²) in [7, 11) is -4.15. The number of carbonyl (C=O) groups excluding carboxylic acids is 2. The van der Waals surface area contributed by atoms with Crippen LogP contribution in [0.15, 0.2) is 83.8 Å². The fourth-order valence-corrected chi connectivity index (χ4v) is 4.53. The van der Waals surface area contributed by atoms with Crippen LogP contribution in [0.25, 0.3) is 16.9 Å². The van der Waals surface area contributed by atoms with Crippen molar-refractivity contribution in [1.29, 1.82) is 0 Å². The van der Waals surface area contributed by atoms with Gasteiger partial charge in [-0.1, -0.05) is 35.9 Å². The van der Waals surface area contributed by atoms with Gasteiger partial charge in [0.05, 0.1) is 21.3 Å². The average Bonchev–Trinajstić information content (AvgIpc) is 3.30. The number of alkyl halides is 3. The number of urea groups is 1. The Morgan fingerprint density at radius 3 is 2.18 bits per heavy atom. The Labute approximate surface area is 220 Å². The van der Waals surface area contributed by atoms with Crippen molar-refractivity contribution in [3.63, 3.8) is 0 Å². The van der Waals surface area contributed by atoms with E-state index in [4.69, 9.17) is 17.3 Å². The van der Waals surface area contributed by atoms with Gasteiger partial charge in [0.1, 0.15) is 0 Å². The van der Waals surface area contributed by atoms with Gasteiger partial charge in [-0.3, -0.25) is 4.79 Å². The van der Waals surface area contributed by atoms with E-state index >= 15 is 0 Å². The first kappa shape index (κ1) is 26.7. The van der Waals surface area contributed by atoms with Crippen molar-refractivity contribution in [2.45, 2.75) is 11.1 Å². The summed E-state index contributed by atoms with van der Waals surface area (Å²) in [6, 6.07) is 16.7. The van der Waals surface area contributed by atoms with Crippen molar-refractivity contribution in [3.05, 3.63) is 95.1 Å². The molecule has 0 spiro atoms. The predicted molar refractivity (Wildman–Crippen MR) is 135 cm³/mol. The second-order valence-corrected chi connectivity index (χ2v) is 9.89. The lowest BCUT2D eigenvalue weighted by Crippen LogP contribution is -2.34. The summed E-state index contributed by atoms with van der Waals surface area (Å²) in [5, 5.41) is 6.47. The smallest absolute Gasteiger partial charge is 0.351 e. The molecule has 3 aromatic carbocycles. The molecule has 1 heterocycles. The third-order valence-electron chi connectivity index (χ3n) is 5.18. The zero-order valence-corrected chi connectivity index (χ0v) is 20.6. The number of nitrogens with two attached hydrogens (primary N) is 1. The second-order valence-electron chi connectivity index (χ2n) is 7.80. The van der Waals surface area contributed by atoms with Crippen LogP contribution in [0.3, 0.4) is 0 Å². The highest BCUT2D eigenvalue weighted by Gasteiger charge is 2.35. The van der Waals surface area contributed by atoms with Crippen molar-refractivity contribution in [2.75, 3.05) is 5.32 Å². The van der Waals surface area contributed by atoms with Crippen LogP contribution in [0.1, 0.15) is 17.5 Å². The molecule has 0 aliphatic carbocycles. The second kappa shape index (κ2) is 10.2. The maximum Gasteiger partial charge on any atom is 0.435 e.